The van der Waals surface area contributed by atoms with Crippen LogP contribution in [-0.2, 0) is 19.5 Å². The molecule has 0 saturated carbocycles. The van der Waals surface area contributed by atoms with Gasteiger partial charge in [0.15, 0.2) is 6.10 Å². The second-order valence-corrected chi connectivity index (χ2v) is 6.17. The van der Waals surface area contributed by atoms with Crippen molar-refractivity contribution in [2.45, 2.75) is 26.1 Å². The SMILES string of the molecule is CC(C)OCCS(=O)(=O)N1CCOC(C#N)C1. The van der Waals surface area contributed by atoms with Crippen molar-refractivity contribution in [3.05, 3.63) is 0 Å². The molecule has 98 valence electrons. The molecule has 0 radical (unpaired) electrons. The van der Waals surface area contributed by atoms with Gasteiger partial charge in [0.2, 0.25) is 10.0 Å². The van der Waals surface area contributed by atoms with Crippen LogP contribution in [-0.4, -0.2) is 57.0 Å². The maximum atomic E-state index is 11.9. The molecule has 17 heavy (non-hydrogen) atoms. The Hall–Kier alpha value is -0.680. The molecule has 1 heterocycles. The first-order chi connectivity index (χ1) is 7.95. The summed E-state index contributed by atoms with van der Waals surface area (Å²) in [5, 5.41) is 8.70. The summed E-state index contributed by atoms with van der Waals surface area (Å²) in [6.45, 7) is 4.57. The average Bonchev–Trinajstić information content (AvgIpc) is 2.28. The monoisotopic (exact) mass is 262 g/mol. The largest absolute Gasteiger partial charge is 0.378 e. The van der Waals surface area contributed by atoms with Gasteiger partial charge in [-0.3, -0.25) is 0 Å². The average molecular weight is 262 g/mol. The number of nitrogens with zero attached hydrogens (tertiary/aromatic N) is 2. The van der Waals surface area contributed by atoms with Crippen molar-refractivity contribution in [2.24, 2.45) is 0 Å². The number of hydrogen-bond donors (Lipinski definition) is 0. The third-order valence-electron chi connectivity index (χ3n) is 2.36. The summed E-state index contributed by atoms with van der Waals surface area (Å²) >= 11 is 0. The van der Waals surface area contributed by atoms with Crippen molar-refractivity contribution in [2.75, 3.05) is 32.1 Å². The highest BCUT2D eigenvalue weighted by Gasteiger charge is 2.29. The number of nitriles is 1. The summed E-state index contributed by atoms with van der Waals surface area (Å²) in [6, 6.07) is 1.92. The first-order valence-corrected chi connectivity index (χ1v) is 7.17. The zero-order valence-corrected chi connectivity index (χ0v) is 10.9. The fraction of sp³-hybridized carbons (Fsp3) is 0.900. The van der Waals surface area contributed by atoms with Crippen molar-refractivity contribution in [1.29, 1.82) is 5.26 Å². The molecule has 1 rings (SSSR count). The van der Waals surface area contributed by atoms with Gasteiger partial charge in [0, 0.05) is 6.54 Å². The van der Waals surface area contributed by atoms with E-state index in [0.29, 0.717) is 6.54 Å². The number of ether oxygens (including phenoxy) is 2. The zero-order chi connectivity index (χ0) is 12.9. The van der Waals surface area contributed by atoms with Crippen molar-refractivity contribution in [3.8, 4) is 6.07 Å². The van der Waals surface area contributed by atoms with Gasteiger partial charge in [-0.05, 0) is 13.8 Å². The molecule has 7 heteroatoms. The predicted molar refractivity (Wildman–Crippen MR) is 61.8 cm³/mol. The standard InChI is InChI=1S/C10H18N2O4S/c1-9(2)15-5-6-17(13,14)12-3-4-16-10(7-11)8-12/h9-10H,3-6,8H2,1-2H3. The van der Waals surface area contributed by atoms with E-state index in [0.717, 1.165) is 0 Å². The Morgan fingerprint density at radius 3 is 2.88 bits per heavy atom. The lowest BCUT2D eigenvalue weighted by molar-refractivity contribution is 0.0305. The maximum absolute atomic E-state index is 11.9. The molecule has 1 aliphatic rings. The Bertz CT molecular complexity index is 374. The van der Waals surface area contributed by atoms with Crippen LogP contribution in [0.15, 0.2) is 0 Å². The summed E-state index contributed by atoms with van der Waals surface area (Å²) in [5.41, 5.74) is 0. The van der Waals surface area contributed by atoms with E-state index in [1.165, 1.54) is 4.31 Å². The minimum Gasteiger partial charge on any atom is -0.378 e. The summed E-state index contributed by atoms with van der Waals surface area (Å²) in [4.78, 5) is 0. The third-order valence-corrected chi connectivity index (χ3v) is 4.16. The third kappa shape index (κ3) is 4.60. The lowest BCUT2D eigenvalue weighted by atomic mass is 10.3. The fourth-order valence-electron chi connectivity index (χ4n) is 1.47. The maximum Gasteiger partial charge on any atom is 0.216 e. The molecule has 0 aromatic carbocycles. The van der Waals surface area contributed by atoms with Gasteiger partial charge in [-0.1, -0.05) is 0 Å². The smallest absolute Gasteiger partial charge is 0.216 e. The van der Waals surface area contributed by atoms with Crippen LogP contribution in [0.1, 0.15) is 13.8 Å². The molecule has 0 amide bonds. The first-order valence-electron chi connectivity index (χ1n) is 5.56. The van der Waals surface area contributed by atoms with Crippen LogP contribution in [0.4, 0.5) is 0 Å². The van der Waals surface area contributed by atoms with Gasteiger partial charge in [-0.2, -0.15) is 9.57 Å². The second kappa shape index (κ2) is 6.31. The summed E-state index contributed by atoms with van der Waals surface area (Å²) in [5.74, 6) is -0.0523. The van der Waals surface area contributed by atoms with E-state index in [4.69, 9.17) is 14.7 Å². The van der Waals surface area contributed by atoms with Crippen LogP contribution >= 0.6 is 0 Å². The molecule has 1 aliphatic heterocycles. The molecule has 6 nitrogen and oxygen atoms in total. The Labute approximate surface area is 102 Å². The van der Waals surface area contributed by atoms with E-state index < -0.39 is 16.1 Å². The molecule has 0 bridgehead atoms. The molecular weight excluding hydrogens is 244 g/mol. The van der Waals surface area contributed by atoms with Gasteiger partial charge in [-0.25, -0.2) is 8.42 Å². The van der Waals surface area contributed by atoms with Gasteiger partial charge >= 0.3 is 0 Å². The highest BCUT2D eigenvalue weighted by molar-refractivity contribution is 7.89. The number of morpholine rings is 1. The summed E-state index contributed by atoms with van der Waals surface area (Å²) in [6.07, 6.45) is -0.647. The summed E-state index contributed by atoms with van der Waals surface area (Å²) < 4.78 is 35.4. The lowest BCUT2D eigenvalue weighted by Crippen LogP contribution is -2.46. The summed E-state index contributed by atoms with van der Waals surface area (Å²) in [7, 11) is -3.34. The van der Waals surface area contributed by atoms with E-state index in [1.54, 1.807) is 0 Å². The van der Waals surface area contributed by atoms with Crippen LogP contribution in [0.5, 0.6) is 0 Å². The first kappa shape index (κ1) is 14.4. The van der Waals surface area contributed by atoms with Gasteiger partial charge < -0.3 is 9.47 Å². The van der Waals surface area contributed by atoms with Crippen molar-refractivity contribution < 1.29 is 17.9 Å². The second-order valence-electron chi connectivity index (χ2n) is 4.08. The molecule has 1 atom stereocenters. The molecule has 1 saturated heterocycles. The zero-order valence-electron chi connectivity index (χ0n) is 10.1. The molecule has 1 fully saturated rings. The van der Waals surface area contributed by atoms with E-state index in [1.807, 2.05) is 19.9 Å². The molecule has 0 aromatic rings. The Kier molecular flexibility index (Phi) is 5.33. The topological polar surface area (TPSA) is 79.6 Å². The van der Waals surface area contributed by atoms with Crippen LogP contribution in [0, 0.1) is 11.3 Å². The number of sulfonamides is 1. The quantitative estimate of drug-likeness (QED) is 0.695. The Morgan fingerprint density at radius 1 is 1.59 bits per heavy atom. The molecule has 0 N–H and O–H groups in total. The molecule has 0 spiro atoms. The number of hydrogen-bond acceptors (Lipinski definition) is 5. The minimum absolute atomic E-state index is 0.0155. The highest BCUT2D eigenvalue weighted by atomic mass is 32.2. The fourth-order valence-corrected chi connectivity index (χ4v) is 2.75. The van der Waals surface area contributed by atoms with Crippen LogP contribution < -0.4 is 0 Å². The minimum atomic E-state index is -3.34. The van der Waals surface area contributed by atoms with Crippen molar-refractivity contribution in [3.63, 3.8) is 0 Å². The van der Waals surface area contributed by atoms with Crippen LogP contribution in [0.2, 0.25) is 0 Å². The highest BCUT2D eigenvalue weighted by Crippen LogP contribution is 2.10. The lowest BCUT2D eigenvalue weighted by Gasteiger charge is -2.28. The van der Waals surface area contributed by atoms with E-state index >= 15 is 0 Å². The predicted octanol–water partition coefficient (Wildman–Crippen LogP) is -0.0344. The van der Waals surface area contributed by atoms with E-state index in [-0.39, 0.29) is 31.6 Å². The molecular formula is C10H18N2O4S. The van der Waals surface area contributed by atoms with E-state index in [2.05, 4.69) is 0 Å². The molecule has 0 aromatic heterocycles. The van der Waals surface area contributed by atoms with E-state index in [9.17, 15) is 8.42 Å². The van der Waals surface area contributed by atoms with Gasteiger partial charge in [0.25, 0.3) is 0 Å². The molecule has 0 aliphatic carbocycles. The van der Waals surface area contributed by atoms with Crippen LogP contribution in [0.25, 0.3) is 0 Å². The number of rotatable bonds is 5. The van der Waals surface area contributed by atoms with Gasteiger partial charge in [0.05, 0.1) is 37.7 Å². The van der Waals surface area contributed by atoms with Gasteiger partial charge in [-0.15, -0.1) is 0 Å². The molecule has 1 unspecified atom stereocenters. The van der Waals surface area contributed by atoms with Crippen molar-refractivity contribution in [1.82, 2.24) is 4.31 Å². The van der Waals surface area contributed by atoms with Crippen LogP contribution in [0.3, 0.4) is 0 Å². The van der Waals surface area contributed by atoms with Crippen molar-refractivity contribution >= 4 is 10.0 Å². The Balaban J connectivity index is 2.49. The van der Waals surface area contributed by atoms with Gasteiger partial charge in [0.1, 0.15) is 0 Å². The normalized spacial score (nSPS) is 22.6. The Morgan fingerprint density at radius 2 is 2.29 bits per heavy atom.